The molecule has 4 heteroatoms. The second kappa shape index (κ2) is 8.41. The van der Waals surface area contributed by atoms with Gasteiger partial charge in [-0.1, -0.05) is 20.8 Å². The van der Waals surface area contributed by atoms with E-state index in [9.17, 15) is 9.59 Å². The van der Waals surface area contributed by atoms with Crippen molar-refractivity contribution in [3.63, 3.8) is 0 Å². The van der Waals surface area contributed by atoms with E-state index in [2.05, 4.69) is 5.32 Å². The Labute approximate surface area is 91.4 Å². The molecule has 0 aromatic carbocycles. The molecule has 0 unspecified atom stereocenters. The van der Waals surface area contributed by atoms with Crippen LogP contribution in [0.15, 0.2) is 0 Å². The lowest BCUT2D eigenvalue weighted by atomic mass is 10.1. The lowest BCUT2D eigenvalue weighted by molar-refractivity contribution is -0.123. The number of nitrogens with one attached hydrogen (secondary N) is 1. The molecule has 1 N–H and O–H groups in total. The van der Waals surface area contributed by atoms with Crippen LogP contribution in [0, 0.1) is 5.92 Å². The summed E-state index contributed by atoms with van der Waals surface area (Å²) < 4.78 is 5.21. The minimum absolute atomic E-state index is 0.0249. The molecule has 0 atom stereocenters. The van der Waals surface area contributed by atoms with Gasteiger partial charge in [-0.25, -0.2) is 0 Å². The summed E-state index contributed by atoms with van der Waals surface area (Å²) in [5.41, 5.74) is 0. The van der Waals surface area contributed by atoms with Gasteiger partial charge in [0.2, 0.25) is 5.91 Å². The highest BCUT2D eigenvalue weighted by Crippen LogP contribution is 1.98. The van der Waals surface area contributed by atoms with Crippen molar-refractivity contribution in [1.82, 2.24) is 5.32 Å². The fourth-order valence-electron chi connectivity index (χ4n) is 0.951. The Balaban J connectivity index is 3.25. The molecule has 0 rings (SSSR count). The average molecular weight is 215 g/mol. The number of rotatable bonds is 8. The first-order valence-electron chi connectivity index (χ1n) is 5.45. The van der Waals surface area contributed by atoms with E-state index in [1.54, 1.807) is 6.92 Å². The molecule has 88 valence electrons. The summed E-state index contributed by atoms with van der Waals surface area (Å²) in [7, 11) is 0. The number of hydrogen-bond acceptors (Lipinski definition) is 3. The van der Waals surface area contributed by atoms with E-state index in [-0.39, 0.29) is 17.6 Å². The summed E-state index contributed by atoms with van der Waals surface area (Å²) in [6.07, 6.45) is 0.950. The largest absolute Gasteiger partial charge is 0.379 e. The molecule has 0 aliphatic carbocycles. The third kappa shape index (κ3) is 8.12. The smallest absolute Gasteiger partial charge is 0.219 e. The van der Waals surface area contributed by atoms with Crippen LogP contribution in [0.3, 0.4) is 0 Å². The summed E-state index contributed by atoms with van der Waals surface area (Å²) in [5, 5.41) is 2.69. The van der Waals surface area contributed by atoms with Crippen molar-refractivity contribution in [2.75, 3.05) is 19.8 Å². The molecule has 0 radical (unpaired) electrons. The molecule has 0 aromatic rings. The van der Waals surface area contributed by atoms with E-state index in [1.165, 1.54) is 0 Å². The SMILES string of the molecule is CCC(=O)NCCOCCC(=O)C(C)C. The molecular weight excluding hydrogens is 194 g/mol. The maximum Gasteiger partial charge on any atom is 0.219 e. The number of amides is 1. The first-order chi connectivity index (χ1) is 7.07. The molecule has 0 spiro atoms. The summed E-state index contributed by atoms with van der Waals surface area (Å²) >= 11 is 0. The normalized spacial score (nSPS) is 10.4. The standard InChI is InChI=1S/C11H21NO3/c1-4-11(14)12-6-8-15-7-5-10(13)9(2)3/h9H,4-8H2,1-3H3,(H,12,14). The van der Waals surface area contributed by atoms with E-state index in [4.69, 9.17) is 4.74 Å². The Morgan fingerprint density at radius 2 is 1.93 bits per heavy atom. The lowest BCUT2D eigenvalue weighted by Gasteiger charge is -2.06. The second-order valence-electron chi connectivity index (χ2n) is 3.69. The quantitative estimate of drug-likeness (QED) is 0.618. The van der Waals surface area contributed by atoms with Gasteiger partial charge in [0.25, 0.3) is 0 Å². The van der Waals surface area contributed by atoms with Crippen LogP contribution >= 0.6 is 0 Å². The number of carbonyl (C=O) groups excluding carboxylic acids is 2. The molecule has 0 bridgehead atoms. The second-order valence-corrected chi connectivity index (χ2v) is 3.69. The van der Waals surface area contributed by atoms with Crippen LogP contribution in [-0.4, -0.2) is 31.4 Å². The fourth-order valence-corrected chi connectivity index (χ4v) is 0.951. The van der Waals surface area contributed by atoms with E-state index >= 15 is 0 Å². The van der Waals surface area contributed by atoms with Crippen LogP contribution in [0.1, 0.15) is 33.6 Å². The Morgan fingerprint density at radius 3 is 2.47 bits per heavy atom. The van der Waals surface area contributed by atoms with Gasteiger partial charge in [0, 0.05) is 25.3 Å². The molecule has 0 aromatic heterocycles. The summed E-state index contributed by atoms with van der Waals surface area (Å²) in [4.78, 5) is 22.0. The van der Waals surface area contributed by atoms with Gasteiger partial charge >= 0.3 is 0 Å². The predicted molar refractivity (Wildman–Crippen MR) is 58.6 cm³/mol. The number of hydrogen-bond donors (Lipinski definition) is 1. The van der Waals surface area contributed by atoms with Crippen molar-refractivity contribution in [2.24, 2.45) is 5.92 Å². The molecule has 15 heavy (non-hydrogen) atoms. The van der Waals surface area contributed by atoms with Crippen molar-refractivity contribution in [3.8, 4) is 0 Å². The van der Waals surface area contributed by atoms with Crippen LogP contribution in [0.25, 0.3) is 0 Å². The van der Waals surface area contributed by atoms with E-state index in [0.717, 1.165) is 0 Å². The lowest BCUT2D eigenvalue weighted by Crippen LogP contribution is -2.26. The van der Waals surface area contributed by atoms with Crippen molar-refractivity contribution in [2.45, 2.75) is 33.6 Å². The molecule has 0 heterocycles. The minimum atomic E-state index is 0.0249. The number of ether oxygens (including phenoxy) is 1. The van der Waals surface area contributed by atoms with Crippen molar-refractivity contribution < 1.29 is 14.3 Å². The van der Waals surface area contributed by atoms with Gasteiger partial charge in [-0.15, -0.1) is 0 Å². The monoisotopic (exact) mass is 215 g/mol. The van der Waals surface area contributed by atoms with E-state index in [1.807, 2.05) is 13.8 Å². The van der Waals surface area contributed by atoms with Gasteiger partial charge in [-0.2, -0.15) is 0 Å². The Hall–Kier alpha value is -0.900. The zero-order chi connectivity index (χ0) is 11.7. The van der Waals surface area contributed by atoms with Crippen LogP contribution in [0.4, 0.5) is 0 Å². The topological polar surface area (TPSA) is 55.4 Å². The molecule has 1 amide bonds. The van der Waals surface area contributed by atoms with Gasteiger partial charge in [-0.05, 0) is 0 Å². The highest BCUT2D eigenvalue weighted by molar-refractivity contribution is 5.80. The molecular formula is C11H21NO3. The van der Waals surface area contributed by atoms with Gasteiger partial charge < -0.3 is 10.1 Å². The molecule has 0 fully saturated rings. The third-order valence-electron chi connectivity index (χ3n) is 2.03. The maximum absolute atomic E-state index is 11.2. The molecule has 0 saturated carbocycles. The zero-order valence-electron chi connectivity index (χ0n) is 9.84. The summed E-state index contributed by atoms with van der Waals surface area (Å²) in [6, 6.07) is 0. The molecule has 0 saturated heterocycles. The number of ketones is 1. The first-order valence-corrected chi connectivity index (χ1v) is 5.45. The minimum Gasteiger partial charge on any atom is -0.379 e. The number of Topliss-reactive ketones (excluding diaryl/α,β-unsaturated/α-hetero) is 1. The average Bonchev–Trinajstić information content (AvgIpc) is 2.22. The Morgan fingerprint density at radius 1 is 1.27 bits per heavy atom. The fraction of sp³-hybridized carbons (Fsp3) is 0.818. The number of carbonyl (C=O) groups is 2. The van der Waals surface area contributed by atoms with Crippen molar-refractivity contribution >= 4 is 11.7 Å². The van der Waals surface area contributed by atoms with Crippen LogP contribution < -0.4 is 5.32 Å². The molecule has 4 nitrogen and oxygen atoms in total. The van der Waals surface area contributed by atoms with Gasteiger partial charge in [0.05, 0.1) is 13.2 Å². The van der Waals surface area contributed by atoms with E-state index < -0.39 is 0 Å². The maximum atomic E-state index is 11.2. The third-order valence-corrected chi connectivity index (χ3v) is 2.03. The predicted octanol–water partition coefficient (Wildman–Crippen LogP) is 1.14. The van der Waals surface area contributed by atoms with Crippen LogP contribution in [0.5, 0.6) is 0 Å². The highest BCUT2D eigenvalue weighted by atomic mass is 16.5. The zero-order valence-corrected chi connectivity index (χ0v) is 9.84. The summed E-state index contributed by atoms with van der Waals surface area (Å²) in [5.74, 6) is 0.317. The van der Waals surface area contributed by atoms with Crippen molar-refractivity contribution in [3.05, 3.63) is 0 Å². The van der Waals surface area contributed by atoms with Gasteiger partial charge in [-0.3, -0.25) is 9.59 Å². The van der Waals surface area contributed by atoms with Crippen molar-refractivity contribution in [1.29, 1.82) is 0 Å². The summed E-state index contributed by atoms with van der Waals surface area (Å²) in [6.45, 7) is 6.99. The van der Waals surface area contributed by atoms with Crippen LogP contribution in [-0.2, 0) is 14.3 Å². The molecule has 0 aliphatic rings. The highest BCUT2D eigenvalue weighted by Gasteiger charge is 2.06. The molecule has 0 aliphatic heterocycles. The van der Waals surface area contributed by atoms with Crippen LogP contribution in [0.2, 0.25) is 0 Å². The first kappa shape index (κ1) is 14.1. The van der Waals surface area contributed by atoms with Gasteiger partial charge in [0.1, 0.15) is 5.78 Å². The Kier molecular flexibility index (Phi) is 7.91. The van der Waals surface area contributed by atoms with Gasteiger partial charge in [0.15, 0.2) is 0 Å². The van der Waals surface area contributed by atoms with E-state index in [0.29, 0.717) is 32.6 Å². The Bertz CT molecular complexity index is 202.